The van der Waals surface area contributed by atoms with Crippen LogP contribution in [0.4, 0.5) is 5.82 Å². The van der Waals surface area contributed by atoms with Crippen LogP contribution in [0.25, 0.3) is 34.4 Å². The Morgan fingerprint density at radius 3 is 2.63 bits per heavy atom. The average molecular weight is 547 g/mol. The maximum atomic E-state index is 14.2. The van der Waals surface area contributed by atoms with Gasteiger partial charge in [-0.05, 0) is 42.6 Å². The van der Waals surface area contributed by atoms with E-state index < -0.39 is 11.9 Å². The number of para-hydroxylation sites is 1. The highest BCUT2D eigenvalue weighted by atomic mass is 16.2. The SMILES string of the molecule is Cc1c(C=Cc2cccc3nc(C(C)NC(=O)c4c(N)[nH][n+]5cccnc45)n(-c4ccccc4)c(=O)c23)cnn1C. The number of nitrogens with two attached hydrogens (primary N) is 1. The minimum absolute atomic E-state index is 0.181. The molecule has 11 nitrogen and oxygen atoms in total. The molecule has 0 aliphatic carbocycles. The number of aromatic amines is 1. The third kappa shape index (κ3) is 4.52. The quantitative estimate of drug-likeness (QED) is 0.274. The lowest BCUT2D eigenvalue weighted by atomic mass is 10.1. The molecular weight excluding hydrogens is 518 g/mol. The fraction of sp³-hybridized carbons (Fsp3) is 0.133. The largest absolute Gasteiger partial charge is 0.382 e. The molecule has 0 bridgehead atoms. The van der Waals surface area contributed by atoms with Crippen LogP contribution in [0, 0.1) is 6.92 Å². The number of aryl methyl sites for hydroxylation is 1. The summed E-state index contributed by atoms with van der Waals surface area (Å²) in [6.45, 7) is 3.77. The van der Waals surface area contributed by atoms with E-state index in [9.17, 15) is 9.59 Å². The molecule has 4 heterocycles. The van der Waals surface area contributed by atoms with Crippen molar-refractivity contribution in [3.8, 4) is 5.69 Å². The maximum Gasteiger partial charge on any atom is 0.362 e. The molecule has 0 fully saturated rings. The van der Waals surface area contributed by atoms with Gasteiger partial charge in [0, 0.05) is 24.4 Å². The predicted molar refractivity (Wildman–Crippen MR) is 156 cm³/mol. The number of anilines is 1. The summed E-state index contributed by atoms with van der Waals surface area (Å²) >= 11 is 0. The molecule has 0 saturated heterocycles. The highest BCUT2D eigenvalue weighted by Gasteiger charge is 2.27. The van der Waals surface area contributed by atoms with Crippen molar-refractivity contribution < 1.29 is 9.31 Å². The lowest BCUT2D eigenvalue weighted by Crippen LogP contribution is -2.34. The van der Waals surface area contributed by atoms with Crippen molar-refractivity contribution in [3.63, 3.8) is 0 Å². The highest BCUT2D eigenvalue weighted by molar-refractivity contribution is 6.03. The summed E-state index contributed by atoms with van der Waals surface area (Å²) in [4.78, 5) is 36.8. The van der Waals surface area contributed by atoms with Gasteiger partial charge in [0.2, 0.25) is 0 Å². The number of nitrogens with zero attached hydrogens (tertiary/aromatic N) is 6. The van der Waals surface area contributed by atoms with Crippen LogP contribution >= 0.6 is 0 Å². The normalized spacial score (nSPS) is 12.4. The Morgan fingerprint density at radius 2 is 1.88 bits per heavy atom. The molecule has 0 aliphatic heterocycles. The Hall–Kier alpha value is -5.58. The molecule has 0 aliphatic rings. The Balaban J connectivity index is 1.47. The monoisotopic (exact) mass is 546 g/mol. The van der Waals surface area contributed by atoms with Crippen LogP contribution in [0.3, 0.4) is 0 Å². The predicted octanol–water partition coefficient (Wildman–Crippen LogP) is 3.13. The van der Waals surface area contributed by atoms with E-state index in [1.54, 1.807) is 51.4 Å². The maximum absolute atomic E-state index is 14.2. The van der Waals surface area contributed by atoms with Crippen LogP contribution in [0.1, 0.15) is 46.0 Å². The number of hydrogen-bond donors (Lipinski definition) is 3. The molecule has 2 aromatic carbocycles. The number of aromatic nitrogens is 7. The van der Waals surface area contributed by atoms with E-state index in [0.717, 1.165) is 16.8 Å². The molecule has 11 heteroatoms. The first-order valence-corrected chi connectivity index (χ1v) is 13.1. The summed E-state index contributed by atoms with van der Waals surface area (Å²) in [5.74, 6) is 0.121. The van der Waals surface area contributed by atoms with Gasteiger partial charge in [0.1, 0.15) is 18.2 Å². The standard InChI is InChI=1S/C30H27N9O2/c1-18(34-29(40)25-26(31)36-38-16-8-15-32-28(25)38)27-35-23-12-7-9-20(13-14-21-17-33-37(3)19(21)2)24(23)30(41)39(27)22-10-5-4-6-11-22/h4-18H,1-3H3,(H3,31,34,36,40)/p+1. The Labute approximate surface area is 234 Å². The second-order valence-electron chi connectivity index (χ2n) is 9.74. The zero-order valence-corrected chi connectivity index (χ0v) is 22.7. The van der Waals surface area contributed by atoms with Crippen LogP contribution < -0.4 is 21.1 Å². The van der Waals surface area contributed by atoms with Crippen LogP contribution in [0.2, 0.25) is 0 Å². The van der Waals surface area contributed by atoms with E-state index in [1.165, 1.54) is 0 Å². The molecule has 41 heavy (non-hydrogen) atoms. The highest BCUT2D eigenvalue weighted by Crippen LogP contribution is 2.23. The number of nitrogen functional groups attached to an aromatic ring is 1. The second-order valence-corrected chi connectivity index (χ2v) is 9.74. The number of carbonyl (C=O) groups is 1. The number of benzene rings is 2. The number of fused-ring (bicyclic) bond motifs is 2. The minimum atomic E-state index is -0.657. The lowest BCUT2D eigenvalue weighted by Gasteiger charge is -2.20. The smallest absolute Gasteiger partial charge is 0.362 e. The van der Waals surface area contributed by atoms with Crippen LogP contribution in [-0.4, -0.2) is 35.3 Å². The van der Waals surface area contributed by atoms with E-state index in [0.29, 0.717) is 28.1 Å². The first kappa shape index (κ1) is 25.7. The number of hydrogen-bond acceptors (Lipinski definition) is 6. The first-order valence-electron chi connectivity index (χ1n) is 13.1. The van der Waals surface area contributed by atoms with E-state index in [2.05, 4.69) is 20.5 Å². The molecule has 1 amide bonds. The molecule has 0 radical (unpaired) electrons. The fourth-order valence-corrected chi connectivity index (χ4v) is 4.90. The summed E-state index contributed by atoms with van der Waals surface area (Å²) in [6, 6.07) is 15.9. The van der Waals surface area contributed by atoms with Gasteiger partial charge in [-0.3, -0.25) is 18.8 Å². The molecule has 0 spiro atoms. The van der Waals surface area contributed by atoms with Crippen LogP contribution in [-0.2, 0) is 7.05 Å². The van der Waals surface area contributed by atoms with Gasteiger partial charge in [0.25, 0.3) is 11.5 Å². The molecule has 1 unspecified atom stereocenters. The third-order valence-corrected chi connectivity index (χ3v) is 7.13. The Kier molecular flexibility index (Phi) is 6.38. The Morgan fingerprint density at radius 1 is 1.10 bits per heavy atom. The zero-order chi connectivity index (χ0) is 28.7. The van der Waals surface area contributed by atoms with Crippen molar-refractivity contribution in [1.82, 2.24) is 34.7 Å². The van der Waals surface area contributed by atoms with Gasteiger partial charge in [0.15, 0.2) is 11.4 Å². The van der Waals surface area contributed by atoms with Gasteiger partial charge in [-0.15, -0.1) is 4.52 Å². The van der Waals surface area contributed by atoms with Crippen molar-refractivity contribution in [2.24, 2.45) is 7.05 Å². The second kappa shape index (κ2) is 10.2. The third-order valence-electron chi connectivity index (χ3n) is 7.13. The summed E-state index contributed by atoms with van der Waals surface area (Å²) in [5, 5.41) is 10.6. The molecule has 4 aromatic heterocycles. The van der Waals surface area contributed by atoms with Crippen molar-refractivity contribution in [3.05, 3.63) is 112 Å². The fourth-order valence-electron chi connectivity index (χ4n) is 4.90. The minimum Gasteiger partial charge on any atom is -0.382 e. The summed E-state index contributed by atoms with van der Waals surface area (Å²) in [5.41, 5.74) is 10.3. The molecule has 4 N–H and O–H groups in total. The van der Waals surface area contributed by atoms with Gasteiger partial charge in [-0.1, -0.05) is 42.5 Å². The van der Waals surface area contributed by atoms with Crippen LogP contribution in [0.15, 0.2) is 78.0 Å². The number of rotatable bonds is 6. The molecule has 204 valence electrons. The van der Waals surface area contributed by atoms with Gasteiger partial charge in [-0.2, -0.15) is 5.10 Å². The topological polar surface area (TPSA) is 141 Å². The average Bonchev–Trinajstić information content (AvgIpc) is 3.49. The number of carbonyl (C=O) groups excluding carboxylic acids is 1. The summed E-state index contributed by atoms with van der Waals surface area (Å²) < 4.78 is 4.92. The van der Waals surface area contributed by atoms with Gasteiger partial charge in [0.05, 0.1) is 28.8 Å². The molecule has 0 saturated carbocycles. The van der Waals surface area contributed by atoms with Crippen molar-refractivity contribution in [2.75, 3.05) is 5.73 Å². The Bertz CT molecular complexity index is 2020. The van der Waals surface area contributed by atoms with E-state index in [4.69, 9.17) is 10.7 Å². The molecular formula is C30H28N9O2+. The van der Waals surface area contributed by atoms with Gasteiger partial charge < -0.3 is 11.1 Å². The molecule has 1 atom stereocenters. The van der Waals surface area contributed by atoms with Gasteiger partial charge >= 0.3 is 5.65 Å². The zero-order valence-electron chi connectivity index (χ0n) is 22.7. The first-order chi connectivity index (χ1) is 19.8. The summed E-state index contributed by atoms with van der Waals surface area (Å²) in [7, 11) is 1.89. The number of nitrogens with one attached hydrogen (secondary N) is 2. The van der Waals surface area contributed by atoms with Crippen molar-refractivity contribution in [2.45, 2.75) is 19.9 Å². The number of amides is 1. The van der Waals surface area contributed by atoms with E-state index in [1.807, 2.05) is 68.6 Å². The van der Waals surface area contributed by atoms with Gasteiger partial charge in [-0.25, -0.2) is 10.1 Å². The van der Waals surface area contributed by atoms with Crippen molar-refractivity contribution in [1.29, 1.82) is 0 Å². The van der Waals surface area contributed by atoms with E-state index in [-0.39, 0.29) is 16.9 Å². The van der Waals surface area contributed by atoms with Crippen LogP contribution in [0.5, 0.6) is 0 Å². The molecule has 6 aromatic rings. The van der Waals surface area contributed by atoms with E-state index >= 15 is 0 Å². The summed E-state index contributed by atoms with van der Waals surface area (Å²) in [6.07, 6.45) is 8.94. The van der Waals surface area contributed by atoms with Crippen molar-refractivity contribution >= 4 is 40.4 Å². The molecule has 6 rings (SSSR count). The lowest BCUT2D eigenvalue weighted by molar-refractivity contribution is -0.577. The number of H-pyrrole nitrogens is 1.